The van der Waals surface area contributed by atoms with Gasteiger partial charge in [0.2, 0.25) is 0 Å². The van der Waals surface area contributed by atoms with E-state index < -0.39 is 11.9 Å². The summed E-state index contributed by atoms with van der Waals surface area (Å²) in [6.07, 6.45) is 5.45. The highest BCUT2D eigenvalue weighted by atomic mass is 16.5. The number of carbonyl (C=O) groups excluding carboxylic acids is 1. The molecule has 4 heteroatoms. The first-order chi connectivity index (χ1) is 13.1. The topological polar surface area (TPSA) is 63.6 Å². The minimum Gasteiger partial charge on any atom is -0.478 e. The van der Waals surface area contributed by atoms with Crippen LogP contribution >= 0.6 is 0 Å². The first kappa shape index (κ1) is 19.9. The second-order valence-corrected chi connectivity index (χ2v) is 8.66. The molecule has 2 aromatic rings. The van der Waals surface area contributed by atoms with Crippen molar-refractivity contribution in [3.63, 3.8) is 0 Å². The van der Waals surface area contributed by atoms with Gasteiger partial charge in [0.1, 0.15) is 5.75 Å². The molecule has 0 aromatic heterocycles. The molecule has 0 heterocycles. The van der Waals surface area contributed by atoms with E-state index in [1.165, 1.54) is 41.5 Å². The summed E-state index contributed by atoms with van der Waals surface area (Å²) >= 11 is 0. The van der Waals surface area contributed by atoms with E-state index in [1.807, 2.05) is 6.07 Å². The van der Waals surface area contributed by atoms with Gasteiger partial charge in [-0.15, -0.1) is 0 Å². The normalized spacial score (nSPS) is 17.1. The van der Waals surface area contributed by atoms with Crippen molar-refractivity contribution >= 4 is 18.0 Å². The second-order valence-electron chi connectivity index (χ2n) is 8.66. The molecule has 0 aliphatic heterocycles. The van der Waals surface area contributed by atoms with Crippen molar-refractivity contribution in [2.24, 2.45) is 0 Å². The lowest BCUT2D eigenvalue weighted by atomic mass is 9.63. The van der Waals surface area contributed by atoms with Crippen LogP contribution in [0.3, 0.4) is 0 Å². The lowest BCUT2D eigenvalue weighted by molar-refractivity contribution is -0.128. The summed E-state index contributed by atoms with van der Waals surface area (Å²) in [5.41, 5.74) is 4.10. The molecule has 0 amide bonds. The van der Waals surface area contributed by atoms with Crippen LogP contribution in [0.5, 0.6) is 5.75 Å². The Morgan fingerprint density at radius 2 is 1.54 bits per heavy atom. The molecule has 0 spiro atoms. The molecular formula is C24H26O4. The van der Waals surface area contributed by atoms with Crippen LogP contribution in [0.15, 0.2) is 48.5 Å². The number of rotatable bonds is 4. The third kappa shape index (κ3) is 4.16. The van der Waals surface area contributed by atoms with Crippen molar-refractivity contribution in [2.45, 2.75) is 51.4 Å². The van der Waals surface area contributed by atoms with Gasteiger partial charge in [0.25, 0.3) is 0 Å². The van der Waals surface area contributed by atoms with Gasteiger partial charge in [-0.25, -0.2) is 9.59 Å². The zero-order valence-corrected chi connectivity index (χ0v) is 16.8. The van der Waals surface area contributed by atoms with Crippen molar-refractivity contribution < 1.29 is 19.4 Å². The molecule has 0 atom stereocenters. The summed E-state index contributed by atoms with van der Waals surface area (Å²) in [5, 5.41) is 8.90. The predicted octanol–water partition coefficient (Wildman–Crippen LogP) is 5.35. The minimum absolute atomic E-state index is 0.112. The molecule has 0 fully saturated rings. The highest BCUT2D eigenvalue weighted by Gasteiger charge is 2.36. The molecule has 3 rings (SSSR count). The Balaban J connectivity index is 1.75. The summed E-state index contributed by atoms with van der Waals surface area (Å²) in [4.78, 5) is 23.0. The molecule has 146 valence electrons. The van der Waals surface area contributed by atoms with Crippen LogP contribution in [0, 0.1) is 0 Å². The van der Waals surface area contributed by atoms with E-state index in [0.29, 0.717) is 5.75 Å². The second kappa shape index (κ2) is 7.27. The lowest BCUT2D eigenvalue weighted by Crippen LogP contribution is -2.33. The maximum absolute atomic E-state index is 12.1. The zero-order valence-electron chi connectivity index (χ0n) is 16.8. The molecule has 1 aliphatic carbocycles. The largest absolute Gasteiger partial charge is 0.478 e. The fourth-order valence-corrected chi connectivity index (χ4v) is 3.69. The van der Waals surface area contributed by atoms with Crippen LogP contribution in [-0.2, 0) is 15.6 Å². The Hall–Kier alpha value is -2.88. The number of carbonyl (C=O) groups is 2. The van der Waals surface area contributed by atoms with E-state index in [0.717, 1.165) is 18.4 Å². The summed E-state index contributed by atoms with van der Waals surface area (Å²) in [5.74, 6) is -1.20. The molecule has 1 aliphatic rings. The van der Waals surface area contributed by atoms with Crippen LogP contribution in [0.2, 0.25) is 0 Å². The number of carboxylic acids is 1. The average Bonchev–Trinajstić information content (AvgIpc) is 2.64. The third-order valence-electron chi connectivity index (χ3n) is 5.61. The molecule has 2 aromatic carbocycles. The van der Waals surface area contributed by atoms with Crippen molar-refractivity contribution in [3.8, 4) is 5.75 Å². The van der Waals surface area contributed by atoms with Gasteiger partial charge in [0, 0.05) is 6.08 Å². The van der Waals surface area contributed by atoms with Gasteiger partial charge in [0.05, 0.1) is 5.56 Å². The summed E-state index contributed by atoms with van der Waals surface area (Å²) in [6, 6.07) is 12.1. The quantitative estimate of drug-likeness (QED) is 0.442. The molecular weight excluding hydrogens is 352 g/mol. The number of benzene rings is 2. The number of esters is 1. The summed E-state index contributed by atoms with van der Waals surface area (Å²) < 4.78 is 5.24. The Bertz CT molecular complexity index is 934. The van der Waals surface area contributed by atoms with Crippen molar-refractivity contribution in [1.82, 2.24) is 0 Å². The Labute approximate surface area is 165 Å². The van der Waals surface area contributed by atoms with E-state index in [-0.39, 0.29) is 16.4 Å². The van der Waals surface area contributed by atoms with Crippen LogP contribution in [0.1, 0.15) is 67.6 Å². The predicted molar refractivity (Wildman–Crippen MR) is 110 cm³/mol. The molecule has 0 saturated heterocycles. The number of aromatic carboxylic acids is 1. The van der Waals surface area contributed by atoms with E-state index in [1.54, 1.807) is 6.08 Å². The van der Waals surface area contributed by atoms with E-state index in [9.17, 15) is 9.59 Å². The molecule has 1 N–H and O–H groups in total. The van der Waals surface area contributed by atoms with E-state index in [4.69, 9.17) is 9.84 Å². The fourth-order valence-electron chi connectivity index (χ4n) is 3.69. The van der Waals surface area contributed by atoms with Crippen LogP contribution in [0.25, 0.3) is 6.08 Å². The smallest absolute Gasteiger partial charge is 0.336 e. The third-order valence-corrected chi connectivity index (χ3v) is 5.61. The molecule has 0 bridgehead atoms. The van der Waals surface area contributed by atoms with E-state index in [2.05, 4.69) is 39.8 Å². The summed E-state index contributed by atoms with van der Waals surface area (Å²) in [7, 11) is 0. The number of fused-ring (bicyclic) bond motifs is 1. The molecule has 4 nitrogen and oxygen atoms in total. The number of carboxylic acid groups (broad SMARTS) is 1. The SMILES string of the molecule is CC1(C)CCC(C)(C)c2cc(C=CC(=O)Oc3ccc(C(=O)O)cc3)ccc21. The first-order valence-electron chi connectivity index (χ1n) is 9.47. The number of hydrogen-bond donors (Lipinski definition) is 1. The van der Waals surface area contributed by atoms with E-state index >= 15 is 0 Å². The van der Waals surface area contributed by atoms with Gasteiger partial charge in [0.15, 0.2) is 0 Å². The number of hydrogen-bond acceptors (Lipinski definition) is 3. The summed E-state index contributed by atoms with van der Waals surface area (Å²) in [6.45, 7) is 9.10. The lowest BCUT2D eigenvalue weighted by Gasteiger charge is -2.42. The van der Waals surface area contributed by atoms with Crippen molar-refractivity contribution in [2.75, 3.05) is 0 Å². The molecule has 0 radical (unpaired) electrons. The van der Waals surface area contributed by atoms with Crippen LogP contribution in [0.4, 0.5) is 0 Å². The maximum atomic E-state index is 12.1. The van der Waals surface area contributed by atoms with Gasteiger partial charge >= 0.3 is 11.9 Å². The van der Waals surface area contributed by atoms with Crippen LogP contribution < -0.4 is 4.74 Å². The molecule has 0 saturated carbocycles. The molecule has 28 heavy (non-hydrogen) atoms. The van der Waals surface area contributed by atoms with Crippen LogP contribution in [-0.4, -0.2) is 17.0 Å². The average molecular weight is 378 g/mol. The Morgan fingerprint density at radius 3 is 2.14 bits per heavy atom. The van der Waals surface area contributed by atoms with Gasteiger partial charge in [-0.05, 0) is 70.7 Å². The molecule has 0 unspecified atom stereocenters. The Morgan fingerprint density at radius 1 is 0.929 bits per heavy atom. The van der Waals surface area contributed by atoms with Gasteiger partial charge < -0.3 is 9.84 Å². The first-order valence-corrected chi connectivity index (χ1v) is 9.47. The number of ether oxygens (including phenoxy) is 1. The van der Waals surface area contributed by atoms with Crippen molar-refractivity contribution in [1.29, 1.82) is 0 Å². The minimum atomic E-state index is -1.02. The fraction of sp³-hybridized carbons (Fsp3) is 0.333. The highest BCUT2D eigenvalue weighted by Crippen LogP contribution is 2.45. The Kier molecular flexibility index (Phi) is 5.16. The van der Waals surface area contributed by atoms with Crippen molar-refractivity contribution in [3.05, 3.63) is 70.8 Å². The van der Waals surface area contributed by atoms with Gasteiger partial charge in [-0.3, -0.25) is 0 Å². The monoisotopic (exact) mass is 378 g/mol. The standard InChI is InChI=1S/C24H26O4/c1-23(2)13-14-24(3,4)20-15-16(5-11-19(20)23)6-12-21(25)28-18-9-7-17(8-10-18)22(26)27/h5-12,15H,13-14H2,1-4H3,(H,26,27). The van der Waals surface area contributed by atoms with Gasteiger partial charge in [-0.1, -0.05) is 45.9 Å². The van der Waals surface area contributed by atoms with Gasteiger partial charge in [-0.2, -0.15) is 0 Å². The highest BCUT2D eigenvalue weighted by molar-refractivity contribution is 5.90. The zero-order chi connectivity index (χ0) is 20.5. The maximum Gasteiger partial charge on any atom is 0.336 e.